The van der Waals surface area contributed by atoms with Gasteiger partial charge in [0.05, 0.1) is 24.8 Å². The number of hydrogen-bond acceptors (Lipinski definition) is 10. The summed E-state index contributed by atoms with van der Waals surface area (Å²) in [6.07, 6.45) is 6.63. The average Bonchev–Trinajstić information content (AvgIpc) is 3.60. The first-order valence-corrected chi connectivity index (χ1v) is 14.7. The molecule has 4 aromatic heterocycles. The molecule has 0 atom stereocenters. The number of thiazole rings is 1. The van der Waals surface area contributed by atoms with Crippen molar-refractivity contribution in [2.24, 2.45) is 0 Å². The molecule has 0 spiro atoms. The summed E-state index contributed by atoms with van der Waals surface area (Å²) < 4.78 is 30.2. The molecule has 0 amide bonds. The Balaban J connectivity index is 1.38. The number of sulfone groups is 1. The van der Waals surface area contributed by atoms with Gasteiger partial charge < -0.3 is 9.64 Å². The maximum absolute atomic E-state index is 11.5. The second-order valence-electron chi connectivity index (χ2n) is 9.30. The highest BCUT2D eigenvalue weighted by Gasteiger charge is 2.25. The molecule has 0 bridgehead atoms. The first kappa shape index (κ1) is 24.7. The predicted octanol–water partition coefficient (Wildman–Crippen LogP) is 2.54. The number of anilines is 1. The highest BCUT2D eigenvalue weighted by Crippen LogP contribution is 2.39. The summed E-state index contributed by atoms with van der Waals surface area (Å²) in [5.74, 6) is 1.05. The Hall–Kier alpha value is -3.03. The molecular weight excluding hydrogens is 500 g/mol. The van der Waals surface area contributed by atoms with Crippen molar-refractivity contribution in [1.82, 2.24) is 34.7 Å². The SMILES string of the molecule is COc1cc(-c2[nH]nc(-c3ncc(N4CCN(CCS(C)(=O)=O)CC4)s3)c2C(C)C)cn2ncnc12. The van der Waals surface area contributed by atoms with Crippen molar-refractivity contribution in [3.8, 4) is 27.7 Å². The second-order valence-corrected chi connectivity index (χ2v) is 12.6. The zero-order valence-corrected chi connectivity index (χ0v) is 22.4. The van der Waals surface area contributed by atoms with E-state index in [0.29, 0.717) is 17.9 Å². The summed E-state index contributed by atoms with van der Waals surface area (Å²) in [4.78, 5) is 13.5. The third kappa shape index (κ3) is 4.95. The first-order chi connectivity index (χ1) is 17.2. The monoisotopic (exact) mass is 530 g/mol. The maximum Gasteiger partial charge on any atom is 0.197 e. The lowest BCUT2D eigenvalue weighted by Gasteiger charge is -2.34. The molecule has 36 heavy (non-hydrogen) atoms. The van der Waals surface area contributed by atoms with E-state index in [-0.39, 0.29) is 11.7 Å². The van der Waals surface area contributed by atoms with Crippen LogP contribution in [-0.2, 0) is 9.84 Å². The van der Waals surface area contributed by atoms with Crippen molar-refractivity contribution >= 4 is 31.8 Å². The van der Waals surface area contributed by atoms with Crippen LogP contribution in [0.4, 0.5) is 5.00 Å². The summed E-state index contributed by atoms with van der Waals surface area (Å²) in [7, 11) is -1.32. The third-order valence-electron chi connectivity index (χ3n) is 6.39. The third-order valence-corrected chi connectivity index (χ3v) is 8.38. The van der Waals surface area contributed by atoms with Crippen molar-refractivity contribution in [2.75, 3.05) is 56.7 Å². The fraction of sp³-hybridized carbons (Fsp3) is 0.478. The summed E-state index contributed by atoms with van der Waals surface area (Å²) in [5, 5.41) is 14.1. The van der Waals surface area contributed by atoms with Gasteiger partial charge in [-0.25, -0.2) is 22.9 Å². The van der Waals surface area contributed by atoms with Crippen molar-refractivity contribution in [3.05, 3.63) is 30.4 Å². The number of pyridine rings is 1. The molecule has 192 valence electrons. The van der Waals surface area contributed by atoms with E-state index >= 15 is 0 Å². The van der Waals surface area contributed by atoms with Gasteiger partial charge in [-0.15, -0.1) is 0 Å². The van der Waals surface area contributed by atoms with Crippen molar-refractivity contribution in [2.45, 2.75) is 19.8 Å². The zero-order valence-electron chi connectivity index (χ0n) is 20.8. The van der Waals surface area contributed by atoms with Gasteiger partial charge in [-0.3, -0.25) is 10.00 Å². The van der Waals surface area contributed by atoms with Gasteiger partial charge in [-0.05, 0) is 12.0 Å². The smallest absolute Gasteiger partial charge is 0.197 e. The Labute approximate surface area is 214 Å². The summed E-state index contributed by atoms with van der Waals surface area (Å²) >= 11 is 1.63. The zero-order chi connectivity index (χ0) is 25.4. The highest BCUT2D eigenvalue weighted by molar-refractivity contribution is 7.90. The molecule has 5 heterocycles. The normalized spacial score (nSPS) is 15.3. The Bertz CT molecular complexity index is 1470. The Morgan fingerprint density at radius 2 is 1.97 bits per heavy atom. The largest absolute Gasteiger partial charge is 0.493 e. The summed E-state index contributed by atoms with van der Waals surface area (Å²) in [5.41, 5.74) is 4.41. The van der Waals surface area contributed by atoms with E-state index in [0.717, 1.165) is 58.7 Å². The Kier molecular flexibility index (Phi) is 6.70. The molecule has 1 fully saturated rings. The lowest BCUT2D eigenvalue weighted by atomic mass is 9.97. The number of aromatic nitrogens is 6. The lowest BCUT2D eigenvalue weighted by molar-refractivity contribution is 0.272. The minimum atomic E-state index is -2.95. The molecule has 11 nitrogen and oxygen atoms in total. The number of ether oxygens (including phenoxy) is 1. The van der Waals surface area contributed by atoms with Gasteiger partial charge in [-0.2, -0.15) is 10.2 Å². The van der Waals surface area contributed by atoms with Gasteiger partial charge in [0.25, 0.3) is 0 Å². The van der Waals surface area contributed by atoms with E-state index < -0.39 is 9.84 Å². The van der Waals surface area contributed by atoms with Crippen LogP contribution in [0.2, 0.25) is 0 Å². The molecule has 1 N–H and O–H groups in total. The number of nitrogens with zero attached hydrogens (tertiary/aromatic N) is 7. The number of methoxy groups -OCH3 is 1. The Morgan fingerprint density at radius 3 is 2.67 bits per heavy atom. The molecule has 0 aliphatic carbocycles. The first-order valence-electron chi connectivity index (χ1n) is 11.8. The van der Waals surface area contributed by atoms with E-state index in [2.05, 4.69) is 43.9 Å². The molecule has 1 saturated heterocycles. The van der Waals surface area contributed by atoms with Gasteiger partial charge >= 0.3 is 0 Å². The fourth-order valence-corrected chi connectivity index (χ4v) is 6.05. The standard InChI is InChI=1S/C23H30N8O3S2/c1-15(2)19-20(16-11-17(34-3)22-25-14-26-31(22)13-16)27-28-21(19)23-24-12-18(35-23)30-7-5-29(6-8-30)9-10-36(4,32)33/h11-15H,5-10H2,1-4H3,(H,27,28). The molecule has 0 saturated carbocycles. The van der Waals surface area contributed by atoms with Crippen LogP contribution in [0.15, 0.2) is 24.8 Å². The van der Waals surface area contributed by atoms with Crippen LogP contribution in [0.25, 0.3) is 27.6 Å². The summed E-state index contributed by atoms with van der Waals surface area (Å²) in [6, 6.07) is 1.95. The number of rotatable bonds is 8. The number of H-pyrrole nitrogens is 1. The molecule has 0 aromatic carbocycles. The van der Waals surface area contributed by atoms with Gasteiger partial charge in [0.1, 0.15) is 31.9 Å². The Morgan fingerprint density at radius 1 is 1.19 bits per heavy atom. The van der Waals surface area contributed by atoms with E-state index in [9.17, 15) is 8.42 Å². The molecule has 5 rings (SSSR count). The number of hydrogen-bond donors (Lipinski definition) is 1. The maximum atomic E-state index is 11.5. The molecule has 1 aliphatic rings. The lowest BCUT2D eigenvalue weighted by Crippen LogP contribution is -2.47. The number of piperazine rings is 1. The van der Waals surface area contributed by atoms with E-state index in [1.165, 1.54) is 12.6 Å². The van der Waals surface area contributed by atoms with Gasteiger partial charge in [-0.1, -0.05) is 25.2 Å². The number of aromatic amines is 1. The van der Waals surface area contributed by atoms with Gasteiger partial charge in [0.15, 0.2) is 11.4 Å². The van der Waals surface area contributed by atoms with Crippen molar-refractivity contribution in [1.29, 1.82) is 0 Å². The van der Waals surface area contributed by atoms with Crippen LogP contribution in [0.3, 0.4) is 0 Å². The van der Waals surface area contributed by atoms with Crippen molar-refractivity contribution < 1.29 is 13.2 Å². The van der Waals surface area contributed by atoms with Crippen LogP contribution in [0.1, 0.15) is 25.3 Å². The average molecular weight is 531 g/mol. The molecule has 13 heteroatoms. The number of nitrogens with one attached hydrogen (secondary N) is 1. The molecule has 1 aliphatic heterocycles. The van der Waals surface area contributed by atoms with Crippen LogP contribution >= 0.6 is 11.3 Å². The fourth-order valence-electron chi connectivity index (χ4n) is 4.49. The van der Waals surface area contributed by atoms with E-state index in [4.69, 9.17) is 9.72 Å². The molecule has 0 radical (unpaired) electrons. The second kappa shape index (κ2) is 9.79. The van der Waals surface area contributed by atoms with E-state index in [1.807, 2.05) is 18.5 Å². The quantitative estimate of drug-likeness (QED) is 0.366. The minimum Gasteiger partial charge on any atom is -0.493 e. The molecular formula is C23H30N8O3S2. The number of fused-ring (bicyclic) bond motifs is 1. The van der Waals surface area contributed by atoms with E-state index in [1.54, 1.807) is 23.0 Å². The van der Waals surface area contributed by atoms with Crippen LogP contribution in [-0.4, -0.2) is 94.9 Å². The topological polar surface area (TPSA) is 122 Å². The van der Waals surface area contributed by atoms with Crippen LogP contribution < -0.4 is 9.64 Å². The predicted molar refractivity (Wildman–Crippen MR) is 141 cm³/mol. The summed E-state index contributed by atoms with van der Waals surface area (Å²) in [6.45, 7) is 8.22. The van der Waals surface area contributed by atoms with Crippen molar-refractivity contribution in [3.63, 3.8) is 0 Å². The highest BCUT2D eigenvalue weighted by atomic mass is 32.2. The molecule has 0 unspecified atom stereocenters. The van der Waals surface area contributed by atoms with Gasteiger partial charge in [0, 0.05) is 56.3 Å². The van der Waals surface area contributed by atoms with Crippen LogP contribution in [0, 0.1) is 0 Å². The van der Waals surface area contributed by atoms with Gasteiger partial charge in [0.2, 0.25) is 0 Å². The minimum absolute atomic E-state index is 0.201. The molecule has 4 aromatic rings. The van der Waals surface area contributed by atoms with Crippen LogP contribution in [0.5, 0.6) is 5.75 Å².